The van der Waals surface area contributed by atoms with Crippen molar-refractivity contribution in [3.63, 3.8) is 0 Å². The molecule has 1 unspecified atom stereocenters. The second-order valence-corrected chi connectivity index (χ2v) is 7.32. The Labute approximate surface area is 140 Å². The predicted molar refractivity (Wildman–Crippen MR) is 75.9 cm³/mol. The Balaban J connectivity index is 2.90. The van der Waals surface area contributed by atoms with Gasteiger partial charge in [-0.05, 0) is 0 Å². The molecular formula is C12H23AsO10. The van der Waals surface area contributed by atoms with Crippen LogP contribution < -0.4 is 0 Å². The van der Waals surface area contributed by atoms with Crippen molar-refractivity contribution in [1.82, 2.24) is 0 Å². The zero-order chi connectivity index (χ0) is 17.8. The quantitative estimate of drug-likeness (QED) is 0.153. The molecule has 0 amide bonds. The molecule has 1 heterocycles. The fraction of sp³-hybridized carbons (Fsp3) is 0.917. The van der Waals surface area contributed by atoms with E-state index in [1.807, 2.05) is 0 Å². The fourth-order valence-corrected chi connectivity index (χ4v) is 2.74. The van der Waals surface area contributed by atoms with Crippen molar-refractivity contribution in [2.45, 2.75) is 53.7 Å². The summed E-state index contributed by atoms with van der Waals surface area (Å²) in [5.74, 6) is 0. The third-order valence-corrected chi connectivity index (χ3v) is 4.52. The number of ether oxygens (including phenoxy) is 2. The van der Waals surface area contributed by atoms with Crippen LogP contribution in [0.25, 0.3) is 0 Å². The number of carbonyl (C=O) groups is 1. The zero-order valence-corrected chi connectivity index (χ0v) is 14.6. The van der Waals surface area contributed by atoms with Gasteiger partial charge in [0.15, 0.2) is 0 Å². The van der Waals surface area contributed by atoms with Crippen LogP contribution in [0.5, 0.6) is 0 Å². The van der Waals surface area contributed by atoms with Gasteiger partial charge in [-0.15, -0.1) is 0 Å². The number of carbonyl (C=O) groups excluding carboxylic acids is 1. The summed E-state index contributed by atoms with van der Waals surface area (Å²) < 4.78 is 8.32. The standard InChI is InChI=1S/C12H23AsO10/c13-12(21,4-16)11(10(20)6(18)2-14)23-8-1-5(17)9(19)7(3-15)22-8/h4-11,14-15,17-21H,1-3,13H2/t5-,6-,7-,8+,9+,10+,11+,12+/m1/s1. The van der Waals surface area contributed by atoms with E-state index in [4.69, 9.17) is 19.7 Å². The molecule has 0 radical (unpaired) electrons. The number of aldehydes is 1. The van der Waals surface area contributed by atoms with Crippen molar-refractivity contribution in [1.29, 1.82) is 0 Å². The van der Waals surface area contributed by atoms with E-state index in [1.54, 1.807) is 0 Å². The van der Waals surface area contributed by atoms with Crippen LogP contribution in [-0.2, 0) is 14.3 Å². The van der Waals surface area contributed by atoms with E-state index >= 15 is 0 Å². The van der Waals surface area contributed by atoms with Gasteiger partial charge in [0, 0.05) is 0 Å². The van der Waals surface area contributed by atoms with Crippen molar-refractivity contribution < 1.29 is 50.0 Å². The number of hydrogen-bond acceptors (Lipinski definition) is 10. The monoisotopic (exact) mass is 402 g/mol. The van der Waals surface area contributed by atoms with Gasteiger partial charge in [0.2, 0.25) is 0 Å². The Morgan fingerprint density at radius 3 is 2.43 bits per heavy atom. The van der Waals surface area contributed by atoms with Gasteiger partial charge in [0.05, 0.1) is 0 Å². The molecular weight excluding hydrogens is 379 g/mol. The molecule has 0 aromatic heterocycles. The SMILES string of the molecule is O=C[C@@](O)([AsH2])[C@@H](O[C@H]1C[C@@H](O)[C@H](O)[C@@H](CO)O1)[C@@H](O)[C@H](O)CO. The summed E-state index contributed by atoms with van der Waals surface area (Å²) in [6.45, 7) is -1.45. The number of hydrogen-bond donors (Lipinski definition) is 7. The summed E-state index contributed by atoms with van der Waals surface area (Å²) in [5, 5.41) is 66.8. The number of aliphatic hydroxyl groups is 7. The van der Waals surface area contributed by atoms with E-state index in [-0.39, 0.29) is 12.7 Å². The van der Waals surface area contributed by atoms with Gasteiger partial charge < -0.3 is 0 Å². The van der Waals surface area contributed by atoms with Gasteiger partial charge in [-0.3, -0.25) is 0 Å². The van der Waals surface area contributed by atoms with Crippen LogP contribution in [0.4, 0.5) is 0 Å². The van der Waals surface area contributed by atoms with Gasteiger partial charge in [0.25, 0.3) is 0 Å². The molecule has 1 rings (SSSR count). The Kier molecular flexibility index (Phi) is 8.02. The minimum atomic E-state index is -2.17. The second kappa shape index (κ2) is 8.82. The van der Waals surface area contributed by atoms with E-state index in [0.29, 0.717) is 16.9 Å². The molecule has 1 fully saturated rings. The molecule has 1 saturated heterocycles. The summed E-state index contributed by atoms with van der Waals surface area (Å²) >= 11 is 0.490. The van der Waals surface area contributed by atoms with Gasteiger partial charge in [-0.1, -0.05) is 0 Å². The molecule has 23 heavy (non-hydrogen) atoms. The first-order valence-electron chi connectivity index (χ1n) is 6.90. The zero-order valence-electron chi connectivity index (χ0n) is 12.2. The van der Waals surface area contributed by atoms with Gasteiger partial charge in [-0.2, -0.15) is 0 Å². The van der Waals surface area contributed by atoms with Crippen LogP contribution in [0.2, 0.25) is 0 Å². The molecule has 0 aromatic rings. The van der Waals surface area contributed by atoms with Gasteiger partial charge in [0.1, 0.15) is 0 Å². The van der Waals surface area contributed by atoms with Crippen molar-refractivity contribution in [3.05, 3.63) is 0 Å². The van der Waals surface area contributed by atoms with E-state index in [2.05, 4.69) is 0 Å². The van der Waals surface area contributed by atoms with Crippen molar-refractivity contribution in [2.24, 2.45) is 0 Å². The minimum absolute atomic E-state index is 0.114. The molecule has 9 atom stereocenters. The first kappa shape index (κ1) is 20.9. The molecule has 7 N–H and O–H groups in total. The maximum atomic E-state index is 11.0. The molecule has 0 saturated carbocycles. The van der Waals surface area contributed by atoms with E-state index in [1.165, 1.54) is 0 Å². The molecule has 0 spiro atoms. The summed E-state index contributed by atoms with van der Waals surface area (Å²) in [6, 6.07) is 0. The summed E-state index contributed by atoms with van der Waals surface area (Å²) in [6.07, 6.45) is -10.4. The fourth-order valence-electron chi connectivity index (χ4n) is 2.16. The summed E-state index contributed by atoms with van der Waals surface area (Å²) in [7, 11) is 0. The Bertz CT molecular complexity index is 381. The molecule has 0 aromatic carbocycles. The van der Waals surface area contributed by atoms with Crippen molar-refractivity contribution >= 4 is 23.1 Å². The Morgan fingerprint density at radius 2 is 1.96 bits per heavy atom. The Morgan fingerprint density at radius 1 is 1.35 bits per heavy atom. The third-order valence-electron chi connectivity index (χ3n) is 3.55. The first-order valence-corrected chi connectivity index (χ1v) is 8.11. The number of aliphatic hydroxyl groups excluding tert-OH is 6. The predicted octanol–water partition coefficient (Wildman–Crippen LogP) is -5.56. The molecule has 136 valence electrons. The van der Waals surface area contributed by atoms with E-state index in [9.17, 15) is 30.3 Å². The average Bonchev–Trinajstić information content (AvgIpc) is 2.53. The summed E-state index contributed by atoms with van der Waals surface area (Å²) in [5.41, 5.74) is 0. The van der Waals surface area contributed by atoms with Crippen LogP contribution in [0.15, 0.2) is 0 Å². The summed E-state index contributed by atoms with van der Waals surface area (Å²) in [4.78, 5) is 11.0. The van der Waals surface area contributed by atoms with Crippen LogP contribution in [0, 0.1) is 0 Å². The van der Waals surface area contributed by atoms with E-state index in [0.717, 1.165) is 0 Å². The van der Waals surface area contributed by atoms with Gasteiger partial charge >= 0.3 is 140 Å². The number of rotatable bonds is 8. The molecule has 11 heteroatoms. The molecule has 0 aliphatic carbocycles. The normalized spacial score (nSPS) is 35.1. The second-order valence-electron chi connectivity index (χ2n) is 5.38. The van der Waals surface area contributed by atoms with Crippen LogP contribution >= 0.6 is 0 Å². The molecule has 1 aliphatic heterocycles. The molecule has 0 bridgehead atoms. The maximum absolute atomic E-state index is 11.0. The molecule has 10 nitrogen and oxygen atoms in total. The van der Waals surface area contributed by atoms with Crippen molar-refractivity contribution in [2.75, 3.05) is 13.2 Å². The van der Waals surface area contributed by atoms with Crippen LogP contribution in [0.1, 0.15) is 6.42 Å². The third kappa shape index (κ3) is 5.17. The van der Waals surface area contributed by atoms with Crippen LogP contribution in [0.3, 0.4) is 0 Å². The van der Waals surface area contributed by atoms with E-state index < -0.39 is 60.5 Å². The van der Waals surface area contributed by atoms with Gasteiger partial charge in [-0.25, -0.2) is 0 Å². The first-order chi connectivity index (χ1) is 10.7. The average molecular weight is 402 g/mol. The van der Waals surface area contributed by atoms with Crippen LogP contribution in [-0.4, -0.2) is 119 Å². The Hall–Kier alpha value is -0.132. The topological polar surface area (TPSA) is 177 Å². The molecule has 1 aliphatic rings. The van der Waals surface area contributed by atoms with Crippen molar-refractivity contribution in [3.8, 4) is 0 Å².